The Morgan fingerprint density at radius 3 is 0.959 bits per heavy atom. The van der Waals surface area contributed by atoms with E-state index in [9.17, 15) is 31.6 Å². The molecule has 0 bridgehead atoms. The second-order valence-corrected chi connectivity index (χ2v) is 24.4. The molecule has 12 aromatic carbocycles. The highest BCUT2D eigenvalue weighted by molar-refractivity contribution is 6.14. The van der Waals surface area contributed by atoms with E-state index in [1.54, 1.807) is 39.5 Å². The second kappa shape index (κ2) is 23.0. The van der Waals surface area contributed by atoms with Crippen molar-refractivity contribution in [1.29, 1.82) is 5.26 Å². The minimum atomic E-state index is -4.87. The molecule has 0 aliphatic heterocycles. The average molecular weight is 1300 g/mol. The molecule has 0 saturated carbocycles. The van der Waals surface area contributed by atoms with Crippen LogP contribution in [0.25, 0.3) is 142 Å². The Morgan fingerprint density at radius 1 is 0.327 bits per heavy atom. The highest BCUT2D eigenvalue weighted by Crippen LogP contribution is 2.49. The molecule has 16 heteroatoms. The van der Waals surface area contributed by atoms with Crippen LogP contribution in [-0.4, -0.2) is 18.3 Å². The molecule has 0 amide bonds. The predicted octanol–water partition coefficient (Wildman–Crippen LogP) is 24.4. The third kappa shape index (κ3) is 9.96. The number of hydrogen-bond acceptors (Lipinski definition) is 1. The first kappa shape index (κ1) is 61.8. The molecule has 0 N–H and O–H groups in total. The lowest BCUT2D eigenvalue weighted by Crippen LogP contribution is -2.14. The van der Waals surface area contributed by atoms with E-state index in [-0.39, 0.29) is 39.4 Å². The van der Waals surface area contributed by atoms with Crippen molar-refractivity contribution in [3.05, 3.63) is 298 Å². The van der Waals surface area contributed by atoms with Gasteiger partial charge >= 0.3 is 18.5 Å². The highest BCUT2D eigenvalue weighted by Gasteiger charge is 2.38. The van der Waals surface area contributed by atoms with Crippen molar-refractivity contribution < 1.29 is 39.5 Å². The average Bonchev–Trinajstić information content (AvgIpc) is 1.42. The molecule has 0 aliphatic rings. The number of alkyl halides is 9. The standard InChI is InChI=1S/C41H25F6N3.C41H25F3N4/c1-23-10-8-14-30-28-12-4-6-16-34(28)49(38(23)30)36-22-33(41(45,46)47)37(21-32(36)25-18-26(40(42,43)44)20-27(19-25)48-3)50-35-17-7-5-13-29(35)31-15-9-11-24(2)39(31)50;1-24-10-8-14-32-30-12-4-6-16-35(30)47(39(24)32)37-22-34(26-18-28(41(42,43)44)21-29(19-26)46-3)38(20-27(37)23-45)48-36-17-7-5-13-31(36)33-15-9-11-25(2)40(33)48/h4-22H,1-2H3;4-22H,1-2H3. The molecule has 0 unspecified atom stereocenters. The van der Waals surface area contributed by atoms with Crippen LogP contribution in [-0.2, 0) is 18.5 Å². The molecule has 0 fully saturated rings. The maximum Gasteiger partial charge on any atom is 0.418 e. The molecule has 4 aromatic heterocycles. The lowest BCUT2D eigenvalue weighted by atomic mass is 9.96. The Bertz CT molecular complexity index is 6190. The van der Waals surface area contributed by atoms with Crippen LogP contribution >= 0.6 is 0 Å². The molecule has 16 aromatic rings. The molecule has 0 radical (unpaired) electrons. The minimum Gasteiger partial charge on any atom is -0.308 e. The first-order valence-corrected chi connectivity index (χ1v) is 31.1. The third-order valence-corrected chi connectivity index (χ3v) is 18.6. The van der Waals surface area contributed by atoms with Gasteiger partial charge in [-0.15, -0.1) is 0 Å². The zero-order valence-electron chi connectivity index (χ0n) is 52.5. The Kier molecular flexibility index (Phi) is 14.5. The quantitative estimate of drug-likeness (QED) is 0.121. The van der Waals surface area contributed by atoms with Crippen molar-refractivity contribution in [3.63, 3.8) is 0 Å². The molecular formula is C82H50F9N7. The van der Waals surface area contributed by atoms with Crippen molar-refractivity contribution in [3.8, 4) is 51.1 Å². The molecule has 476 valence electrons. The van der Waals surface area contributed by atoms with Crippen LogP contribution in [0.4, 0.5) is 50.9 Å². The largest absolute Gasteiger partial charge is 0.418 e. The van der Waals surface area contributed by atoms with Gasteiger partial charge in [0.2, 0.25) is 0 Å². The van der Waals surface area contributed by atoms with Gasteiger partial charge in [-0.25, -0.2) is 9.69 Å². The summed E-state index contributed by atoms with van der Waals surface area (Å²) in [6.45, 7) is 23.0. The summed E-state index contributed by atoms with van der Waals surface area (Å²) in [5, 5.41) is 17.8. The zero-order chi connectivity index (χ0) is 68.4. The minimum absolute atomic E-state index is 0.0344. The van der Waals surface area contributed by atoms with Crippen LogP contribution < -0.4 is 0 Å². The first-order chi connectivity index (χ1) is 47.1. The summed E-state index contributed by atoms with van der Waals surface area (Å²) in [5.41, 5.74) is 7.92. The van der Waals surface area contributed by atoms with E-state index < -0.39 is 35.2 Å². The van der Waals surface area contributed by atoms with Crippen LogP contribution in [0.15, 0.2) is 231 Å². The fourth-order valence-corrected chi connectivity index (χ4v) is 14.4. The lowest BCUT2D eigenvalue weighted by Gasteiger charge is -2.23. The van der Waals surface area contributed by atoms with Gasteiger partial charge in [0.05, 0.1) is 91.2 Å². The van der Waals surface area contributed by atoms with Gasteiger partial charge in [-0.2, -0.15) is 44.8 Å². The van der Waals surface area contributed by atoms with E-state index in [2.05, 4.69) is 15.8 Å². The van der Waals surface area contributed by atoms with Crippen molar-refractivity contribution >= 4 is 98.6 Å². The third-order valence-electron chi connectivity index (χ3n) is 18.6. The Morgan fingerprint density at radius 2 is 0.633 bits per heavy atom. The van der Waals surface area contributed by atoms with Crippen molar-refractivity contribution in [2.45, 2.75) is 46.2 Å². The van der Waals surface area contributed by atoms with E-state index in [1.807, 2.05) is 188 Å². The van der Waals surface area contributed by atoms with Gasteiger partial charge in [0.1, 0.15) is 6.07 Å². The number of hydrogen-bond donors (Lipinski definition) is 0. The van der Waals surface area contributed by atoms with Crippen LogP contribution in [0.2, 0.25) is 0 Å². The summed E-state index contributed by atoms with van der Waals surface area (Å²) < 4.78 is 140. The Balaban J connectivity index is 0.000000160. The fourth-order valence-electron chi connectivity index (χ4n) is 14.4. The van der Waals surface area contributed by atoms with E-state index in [4.69, 9.17) is 13.1 Å². The van der Waals surface area contributed by atoms with E-state index in [1.165, 1.54) is 18.2 Å². The van der Waals surface area contributed by atoms with E-state index in [0.717, 1.165) is 118 Å². The number of para-hydroxylation sites is 8. The van der Waals surface area contributed by atoms with Gasteiger partial charge in [-0.05, 0) is 146 Å². The number of halogens is 9. The van der Waals surface area contributed by atoms with Crippen LogP contribution in [0.1, 0.15) is 44.5 Å². The van der Waals surface area contributed by atoms with E-state index in [0.29, 0.717) is 44.6 Å². The van der Waals surface area contributed by atoms with Crippen LogP contribution in [0.3, 0.4) is 0 Å². The van der Waals surface area contributed by atoms with E-state index >= 15 is 13.2 Å². The van der Waals surface area contributed by atoms with Gasteiger partial charge in [0.15, 0.2) is 11.4 Å². The Hall–Kier alpha value is -12.3. The number of benzene rings is 12. The molecular weight excluding hydrogens is 1250 g/mol. The SMILES string of the molecule is [C-]#[N+]c1cc(-c2cc(-n3c4ccccc4c4cccc(C)c43)c(C#N)cc2-n2c3ccccc3c3cccc(C)c32)cc(C(F)(F)F)c1.[C-]#[N+]c1cc(-c2cc(-n3c4ccccc4c4cccc(C)c43)c(C(F)(F)F)cc2-n2c3ccccc3c3cccc(C)c32)cc(C(F)(F)F)c1. The predicted molar refractivity (Wildman–Crippen MR) is 372 cm³/mol. The number of rotatable bonds is 6. The molecule has 4 heterocycles. The number of aryl methyl sites for hydroxylation is 4. The summed E-state index contributed by atoms with van der Waals surface area (Å²) in [4.78, 5) is 6.74. The van der Waals surface area contributed by atoms with Gasteiger partial charge < -0.3 is 18.3 Å². The molecule has 0 atom stereocenters. The molecule has 0 saturated heterocycles. The summed E-state index contributed by atoms with van der Waals surface area (Å²) in [6.07, 6.45) is -14.3. The smallest absolute Gasteiger partial charge is 0.308 e. The fraction of sp³-hybridized carbons (Fsp3) is 0.0854. The van der Waals surface area contributed by atoms with Gasteiger partial charge in [0, 0.05) is 65.3 Å². The molecule has 16 rings (SSSR count). The number of nitrogens with zero attached hydrogens (tertiary/aromatic N) is 7. The molecule has 0 aliphatic carbocycles. The molecule has 98 heavy (non-hydrogen) atoms. The summed E-state index contributed by atoms with van der Waals surface area (Å²) in [6, 6.07) is 68.1. The van der Waals surface area contributed by atoms with Gasteiger partial charge in [0.25, 0.3) is 0 Å². The first-order valence-electron chi connectivity index (χ1n) is 31.1. The van der Waals surface area contributed by atoms with Crippen molar-refractivity contribution in [2.24, 2.45) is 0 Å². The summed E-state index contributed by atoms with van der Waals surface area (Å²) in [7, 11) is 0. The zero-order valence-corrected chi connectivity index (χ0v) is 52.5. The maximum absolute atomic E-state index is 15.5. The number of fused-ring (bicyclic) bond motifs is 12. The lowest BCUT2D eigenvalue weighted by molar-refractivity contribution is -0.138. The normalized spacial score (nSPS) is 12.1. The van der Waals surface area contributed by atoms with Crippen molar-refractivity contribution in [1.82, 2.24) is 18.3 Å². The summed E-state index contributed by atoms with van der Waals surface area (Å²) >= 11 is 0. The van der Waals surface area contributed by atoms with Crippen molar-refractivity contribution in [2.75, 3.05) is 0 Å². The maximum atomic E-state index is 15.5. The number of nitriles is 1. The highest BCUT2D eigenvalue weighted by atomic mass is 19.4. The topological polar surface area (TPSA) is 52.2 Å². The Labute approximate surface area is 554 Å². The van der Waals surface area contributed by atoms with Crippen LogP contribution in [0.5, 0.6) is 0 Å². The van der Waals surface area contributed by atoms with Crippen LogP contribution in [0, 0.1) is 52.2 Å². The second-order valence-electron chi connectivity index (χ2n) is 24.4. The monoisotopic (exact) mass is 1300 g/mol. The van der Waals surface area contributed by atoms with Gasteiger partial charge in [-0.1, -0.05) is 146 Å². The number of aromatic nitrogens is 4. The summed E-state index contributed by atoms with van der Waals surface area (Å²) in [5.74, 6) is 0. The van der Waals surface area contributed by atoms with Gasteiger partial charge in [-0.3, -0.25) is 0 Å². The molecule has 7 nitrogen and oxygen atoms in total. The molecule has 0 spiro atoms.